The van der Waals surface area contributed by atoms with Crippen molar-refractivity contribution in [1.82, 2.24) is 9.55 Å². The van der Waals surface area contributed by atoms with Gasteiger partial charge >= 0.3 is 12.1 Å². The maximum Gasteiger partial charge on any atom is 0.416 e. The van der Waals surface area contributed by atoms with E-state index in [4.69, 9.17) is 0 Å². The van der Waals surface area contributed by atoms with Crippen LogP contribution < -0.4 is 5.32 Å². The molecule has 0 aliphatic heterocycles. The Hall–Kier alpha value is -3.03. The summed E-state index contributed by atoms with van der Waals surface area (Å²) in [6.07, 6.45) is -1.43. The number of carbonyl (C=O) groups is 1. The zero-order valence-corrected chi connectivity index (χ0v) is 19.1. The topological polar surface area (TPSA) is 67.2 Å². The van der Waals surface area contributed by atoms with Crippen LogP contribution >= 0.6 is 0 Å². The monoisotopic (exact) mass is 459 g/mol. The van der Waals surface area contributed by atoms with Gasteiger partial charge in [-0.2, -0.15) is 13.2 Å². The Labute approximate surface area is 190 Å². The molecule has 4 rings (SSSR count). The molecule has 3 aromatic rings. The molecule has 2 aromatic carbocycles. The van der Waals surface area contributed by atoms with Gasteiger partial charge in [0.25, 0.3) is 0 Å². The normalized spacial score (nSPS) is 20.7. The van der Waals surface area contributed by atoms with Crippen LogP contribution in [0.15, 0.2) is 36.4 Å². The molecule has 8 heteroatoms. The Morgan fingerprint density at radius 3 is 2.42 bits per heavy atom. The van der Waals surface area contributed by atoms with Crippen molar-refractivity contribution in [3.05, 3.63) is 53.1 Å². The molecule has 1 fully saturated rings. The van der Waals surface area contributed by atoms with Crippen molar-refractivity contribution in [2.24, 2.45) is 11.3 Å². The number of hydrogen-bond donors (Lipinski definition) is 2. The average Bonchev–Trinajstić information content (AvgIpc) is 3.02. The molecule has 0 amide bonds. The first-order valence-electron chi connectivity index (χ1n) is 11.0. The summed E-state index contributed by atoms with van der Waals surface area (Å²) in [4.78, 5) is 16.3. The van der Waals surface area contributed by atoms with Crippen LogP contribution in [0, 0.1) is 18.3 Å². The lowest BCUT2D eigenvalue weighted by Gasteiger charge is -2.40. The second kappa shape index (κ2) is 8.08. The number of carboxylic acids is 1. The lowest BCUT2D eigenvalue weighted by Crippen LogP contribution is -2.29. The van der Waals surface area contributed by atoms with Gasteiger partial charge in [0.05, 0.1) is 22.2 Å². The minimum Gasteiger partial charge on any atom is -0.478 e. The molecule has 5 nitrogen and oxygen atoms in total. The van der Waals surface area contributed by atoms with E-state index in [0.29, 0.717) is 28.6 Å². The van der Waals surface area contributed by atoms with Gasteiger partial charge in [0.2, 0.25) is 5.95 Å². The fraction of sp³-hybridized carbons (Fsp3) is 0.440. The van der Waals surface area contributed by atoms with E-state index >= 15 is 0 Å². The van der Waals surface area contributed by atoms with Crippen molar-refractivity contribution in [3.8, 4) is 0 Å². The van der Waals surface area contributed by atoms with Crippen LogP contribution in [0.3, 0.4) is 0 Å². The zero-order chi connectivity index (χ0) is 24.1. The third-order valence-corrected chi connectivity index (χ3v) is 6.46. The Morgan fingerprint density at radius 2 is 1.85 bits per heavy atom. The van der Waals surface area contributed by atoms with Crippen LogP contribution in [-0.4, -0.2) is 20.6 Å². The number of nitrogens with zero attached hydrogens (tertiary/aromatic N) is 2. The van der Waals surface area contributed by atoms with Gasteiger partial charge in [0.15, 0.2) is 0 Å². The highest BCUT2D eigenvalue weighted by atomic mass is 19.4. The second-order valence-electron chi connectivity index (χ2n) is 10.0. The largest absolute Gasteiger partial charge is 0.478 e. The Morgan fingerprint density at radius 1 is 1.18 bits per heavy atom. The minimum atomic E-state index is -4.40. The van der Waals surface area contributed by atoms with Gasteiger partial charge in [-0.3, -0.25) is 0 Å². The van der Waals surface area contributed by atoms with Crippen LogP contribution in [0.4, 0.5) is 24.8 Å². The molecule has 1 aliphatic carbocycles. The number of carboxylic acid groups (broad SMARTS) is 1. The average molecular weight is 460 g/mol. The van der Waals surface area contributed by atoms with E-state index in [9.17, 15) is 23.1 Å². The van der Waals surface area contributed by atoms with Crippen molar-refractivity contribution in [2.45, 2.75) is 59.2 Å². The number of fused-ring (bicyclic) bond motifs is 1. The molecule has 1 aromatic heterocycles. The first-order chi connectivity index (χ1) is 15.3. The predicted molar refractivity (Wildman–Crippen MR) is 122 cm³/mol. The number of alkyl halides is 3. The fourth-order valence-corrected chi connectivity index (χ4v) is 5.30. The van der Waals surface area contributed by atoms with Crippen molar-refractivity contribution >= 4 is 28.6 Å². The number of rotatable bonds is 4. The first-order valence-corrected chi connectivity index (χ1v) is 11.0. The molecule has 0 radical (unpaired) electrons. The van der Waals surface area contributed by atoms with Crippen LogP contribution in [0.1, 0.15) is 67.6 Å². The Kier molecular flexibility index (Phi) is 5.66. The number of imidazole rings is 1. The maximum atomic E-state index is 13.0. The second-order valence-corrected chi connectivity index (χ2v) is 10.0. The molecule has 2 N–H and O–H groups in total. The summed E-state index contributed by atoms with van der Waals surface area (Å²) in [7, 11) is 0. The summed E-state index contributed by atoms with van der Waals surface area (Å²) < 4.78 is 41.0. The summed E-state index contributed by atoms with van der Waals surface area (Å²) >= 11 is 0. The van der Waals surface area contributed by atoms with E-state index in [-0.39, 0.29) is 17.0 Å². The molecule has 1 heterocycles. The fourth-order valence-electron chi connectivity index (χ4n) is 5.30. The Balaban J connectivity index is 1.82. The van der Waals surface area contributed by atoms with Crippen molar-refractivity contribution in [2.75, 3.05) is 5.32 Å². The first kappa shape index (κ1) is 23.1. The smallest absolute Gasteiger partial charge is 0.416 e. The molecule has 0 bridgehead atoms. The van der Waals surface area contributed by atoms with Crippen LogP contribution in [0.2, 0.25) is 0 Å². The van der Waals surface area contributed by atoms with Gasteiger partial charge in [0.1, 0.15) is 0 Å². The molecule has 0 saturated heterocycles. The zero-order valence-electron chi connectivity index (χ0n) is 19.1. The number of aromatic carboxylic acids is 1. The van der Waals surface area contributed by atoms with Crippen molar-refractivity contribution in [3.63, 3.8) is 0 Å². The highest BCUT2D eigenvalue weighted by molar-refractivity contribution is 5.95. The number of aromatic nitrogens is 2. The number of anilines is 2. The van der Waals surface area contributed by atoms with Crippen LogP contribution in [0.5, 0.6) is 0 Å². The standard InChI is InChI=1S/C25H28F3N3O2/c1-14-9-18(13-24(3,4)12-14)31-21-10-15(2)19(22(32)33)11-20(21)30-23(31)29-17-7-5-16(6-8-17)25(26,27)28/h5-8,10-11,14,18H,9,12-13H2,1-4H3,(H,29,30)(H,32,33)/t14-,18+/m1/s1. The summed E-state index contributed by atoms with van der Waals surface area (Å²) in [5, 5.41) is 12.7. The van der Waals surface area contributed by atoms with E-state index < -0.39 is 17.7 Å². The van der Waals surface area contributed by atoms with Crippen molar-refractivity contribution in [1.29, 1.82) is 0 Å². The van der Waals surface area contributed by atoms with E-state index in [0.717, 1.165) is 36.9 Å². The Bertz CT molecular complexity index is 1200. The van der Waals surface area contributed by atoms with Gasteiger partial charge in [-0.25, -0.2) is 9.78 Å². The number of aryl methyl sites for hydroxylation is 1. The lowest BCUT2D eigenvalue weighted by molar-refractivity contribution is -0.137. The quantitative estimate of drug-likeness (QED) is 0.433. The number of hydrogen-bond acceptors (Lipinski definition) is 3. The molecule has 0 spiro atoms. The summed E-state index contributed by atoms with van der Waals surface area (Å²) in [6, 6.07) is 8.37. The molecular formula is C25H28F3N3O2. The molecule has 0 unspecified atom stereocenters. The highest BCUT2D eigenvalue weighted by Gasteiger charge is 2.35. The van der Waals surface area contributed by atoms with Gasteiger partial charge < -0.3 is 15.0 Å². The molecule has 2 atom stereocenters. The van der Waals surface area contributed by atoms with Gasteiger partial charge in [-0.05, 0) is 79.5 Å². The third-order valence-electron chi connectivity index (χ3n) is 6.46. The molecule has 176 valence electrons. The summed E-state index contributed by atoms with van der Waals surface area (Å²) in [5.74, 6) is -0.0234. The van der Waals surface area contributed by atoms with Gasteiger partial charge in [-0.15, -0.1) is 0 Å². The highest BCUT2D eigenvalue weighted by Crippen LogP contribution is 2.46. The number of halogens is 3. The molecular weight excluding hydrogens is 431 g/mol. The van der Waals surface area contributed by atoms with E-state index in [1.807, 2.05) is 6.07 Å². The maximum absolute atomic E-state index is 13.0. The summed E-state index contributed by atoms with van der Waals surface area (Å²) in [6.45, 7) is 8.47. The molecule has 33 heavy (non-hydrogen) atoms. The molecule has 1 aliphatic rings. The number of benzene rings is 2. The van der Waals surface area contributed by atoms with E-state index in [2.05, 4.69) is 35.6 Å². The number of nitrogens with one attached hydrogen (secondary N) is 1. The van der Waals surface area contributed by atoms with Crippen LogP contribution in [0.25, 0.3) is 11.0 Å². The van der Waals surface area contributed by atoms with Gasteiger partial charge in [0, 0.05) is 11.7 Å². The third kappa shape index (κ3) is 4.70. The summed E-state index contributed by atoms with van der Waals surface area (Å²) in [5.41, 5.74) is 2.08. The predicted octanol–water partition coefficient (Wildman–Crippen LogP) is 7.19. The van der Waals surface area contributed by atoms with Crippen molar-refractivity contribution < 1.29 is 23.1 Å². The SMILES string of the molecule is Cc1cc2c(cc1C(=O)O)nc(Nc1ccc(C(F)(F)F)cc1)n2[C@H]1C[C@@H](C)CC(C)(C)C1. The minimum absolute atomic E-state index is 0.126. The van der Waals surface area contributed by atoms with Gasteiger partial charge in [-0.1, -0.05) is 20.8 Å². The molecule has 1 saturated carbocycles. The van der Waals surface area contributed by atoms with E-state index in [1.54, 1.807) is 13.0 Å². The van der Waals surface area contributed by atoms with E-state index in [1.165, 1.54) is 12.1 Å². The lowest BCUT2D eigenvalue weighted by atomic mass is 9.70. The van der Waals surface area contributed by atoms with Crippen LogP contribution in [-0.2, 0) is 6.18 Å².